The minimum absolute atomic E-state index is 0.592. The molecule has 0 spiro atoms. The van der Waals surface area contributed by atoms with Crippen LogP contribution in [0.4, 0.5) is 0 Å². The summed E-state index contributed by atoms with van der Waals surface area (Å²) in [7, 11) is 0. The van der Waals surface area contributed by atoms with E-state index in [0.717, 1.165) is 11.5 Å². The molecule has 2 N–H and O–H groups in total. The summed E-state index contributed by atoms with van der Waals surface area (Å²) in [5, 5.41) is 0. The first-order valence-electron chi connectivity index (χ1n) is 5.98. The van der Waals surface area contributed by atoms with Gasteiger partial charge in [0.15, 0.2) is 0 Å². The van der Waals surface area contributed by atoms with Crippen LogP contribution in [0.15, 0.2) is 59.5 Å². The Kier molecular flexibility index (Phi) is 5.12. The van der Waals surface area contributed by atoms with Crippen LogP contribution in [0.1, 0.15) is 5.56 Å². The second-order valence-corrected chi connectivity index (χ2v) is 5.03. The molecule has 0 aliphatic heterocycles. The third-order valence-corrected chi connectivity index (χ3v) is 3.46. The maximum Gasteiger partial charge on any atom is 0.119 e. The predicted molar refractivity (Wildman–Crippen MR) is 77.0 cm³/mol. The normalized spacial score (nSPS) is 10.3. The van der Waals surface area contributed by atoms with E-state index in [2.05, 4.69) is 12.1 Å². The number of thioether (sulfide) groups is 1. The number of rotatable bonds is 6. The van der Waals surface area contributed by atoms with Crippen molar-refractivity contribution in [1.29, 1.82) is 0 Å². The Hall–Kier alpha value is -1.45. The van der Waals surface area contributed by atoms with Crippen LogP contribution in [0.5, 0.6) is 5.75 Å². The topological polar surface area (TPSA) is 35.2 Å². The van der Waals surface area contributed by atoms with Gasteiger partial charge in [-0.05, 0) is 29.8 Å². The van der Waals surface area contributed by atoms with Crippen LogP contribution in [-0.2, 0) is 6.54 Å². The molecule has 0 aliphatic rings. The molecule has 0 amide bonds. The van der Waals surface area contributed by atoms with E-state index in [1.54, 1.807) is 11.8 Å². The van der Waals surface area contributed by atoms with Gasteiger partial charge in [-0.25, -0.2) is 0 Å². The SMILES string of the molecule is NCc1cccc(SCCOc2ccccc2)c1. The van der Waals surface area contributed by atoms with Crippen molar-refractivity contribution in [2.75, 3.05) is 12.4 Å². The van der Waals surface area contributed by atoms with Crippen LogP contribution < -0.4 is 10.5 Å². The van der Waals surface area contributed by atoms with Gasteiger partial charge in [-0.15, -0.1) is 11.8 Å². The molecule has 0 unspecified atom stereocenters. The van der Waals surface area contributed by atoms with Gasteiger partial charge >= 0.3 is 0 Å². The Bertz CT molecular complexity index is 473. The third-order valence-electron chi connectivity index (χ3n) is 2.50. The van der Waals surface area contributed by atoms with Gasteiger partial charge in [0.05, 0.1) is 6.61 Å². The lowest BCUT2D eigenvalue weighted by molar-refractivity contribution is 0.344. The van der Waals surface area contributed by atoms with Crippen molar-refractivity contribution in [2.24, 2.45) is 5.73 Å². The van der Waals surface area contributed by atoms with Crippen molar-refractivity contribution in [3.63, 3.8) is 0 Å². The molecule has 2 aromatic rings. The first-order chi connectivity index (χ1) is 8.88. The maximum absolute atomic E-state index is 5.64. The Labute approximate surface area is 112 Å². The standard InChI is InChI=1S/C15H17NOS/c16-12-13-5-4-8-15(11-13)18-10-9-17-14-6-2-1-3-7-14/h1-8,11H,9-10,12,16H2. The van der Waals surface area contributed by atoms with Crippen molar-refractivity contribution in [3.8, 4) is 5.75 Å². The average Bonchev–Trinajstić information content (AvgIpc) is 2.45. The summed E-state index contributed by atoms with van der Waals surface area (Å²) < 4.78 is 5.64. The highest BCUT2D eigenvalue weighted by atomic mass is 32.2. The fraction of sp³-hybridized carbons (Fsp3) is 0.200. The van der Waals surface area contributed by atoms with Crippen LogP contribution in [0.25, 0.3) is 0 Å². The summed E-state index contributed by atoms with van der Waals surface area (Å²) >= 11 is 1.79. The third kappa shape index (κ3) is 4.09. The van der Waals surface area contributed by atoms with Gasteiger partial charge in [-0.2, -0.15) is 0 Å². The van der Waals surface area contributed by atoms with E-state index >= 15 is 0 Å². The minimum Gasteiger partial charge on any atom is -0.493 e. The highest BCUT2D eigenvalue weighted by Gasteiger charge is 1.97. The Morgan fingerprint density at radius 2 is 1.83 bits per heavy atom. The van der Waals surface area contributed by atoms with Crippen LogP contribution >= 0.6 is 11.8 Å². The number of ether oxygens (including phenoxy) is 1. The first kappa shape index (κ1) is 13.0. The molecule has 0 saturated heterocycles. The van der Waals surface area contributed by atoms with Crippen LogP contribution in [0, 0.1) is 0 Å². The van der Waals surface area contributed by atoms with Gasteiger partial charge in [-0.3, -0.25) is 0 Å². The Balaban J connectivity index is 1.75. The molecule has 0 saturated carbocycles. The van der Waals surface area contributed by atoms with E-state index in [4.69, 9.17) is 10.5 Å². The lowest BCUT2D eigenvalue weighted by atomic mass is 10.2. The molecule has 2 aromatic carbocycles. The molecular formula is C15H17NOS. The highest BCUT2D eigenvalue weighted by Crippen LogP contribution is 2.19. The number of nitrogens with two attached hydrogens (primary N) is 1. The highest BCUT2D eigenvalue weighted by molar-refractivity contribution is 7.99. The van der Waals surface area contributed by atoms with Crippen LogP contribution in [0.3, 0.4) is 0 Å². The fourth-order valence-corrected chi connectivity index (χ4v) is 2.41. The van der Waals surface area contributed by atoms with E-state index in [-0.39, 0.29) is 0 Å². The quantitative estimate of drug-likeness (QED) is 0.638. The fourth-order valence-electron chi connectivity index (χ4n) is 1.60. The molecule has 0 aliphatic carbocycles. The zero-order valence-corrected chi connectivity index (χ0v) is 11.0. The van der Waals surface area contributed by atoms with Crippen molar-refractivity contribution in [1.82, 2.24) is 0 Å². The molecule has 3 heteroatoms. The lowest BCUT2D eigenvalue weighted by Gasteiger charge is -2.06. The molecule has 0 bridgehead atoms. The van der Waals surface area contributed by atoms with E-state index in [1.807, 2.05) is 42.5 Å². The molecule has 0 atom stereocenters. The molecule has 2 rings (SSSR count). The number of hydrogen-bond acceptors (Lipinski definition) is 3. The maximum atomic E-state index is 5.64. The van der Waals surface area contributed by atoms with Gasteiger partial charge in [0.2, 0.25) is 0 Å². The molecule has 0 aromatic heterocycles. The molecule has 0 heterocycles. The summed E-state index contributed by atoms with van der Waals surface area (Å²) in [5.41, 5.74) is 6.79. The Morgan fingerprint density at radius 3 is 2.61 bits per heavy atom. The molecule has 0 radical (unpaired) electrons. The van der Waals surface area contributed by atoms with Crippen molar-refractivity contribution >= 4 is 11.8 Å². The molecule has 94 valence electrons. The predicted octanol–water partition coefficient (Wildman–Crippen LogP) is 3.32. The smallest absolute Gasteiger partial charge is 0.119 e. The van der Waals surface area contributed by atoms with Gasteiger partial charge < -0.3 is 10.5 Å². The largest absolute Gasteiger partial charge is 0.493 e. The zero-order chi connectivity index (χ0) is 12.6. The van der Waals surface area contributed by atoms with E-state index in [9.17, 15) is 0 Å². The summed E-state index contributed by atoms with van der Waals surface area (Å²) in [4.78, 5) is 1.25. The Morgan fingerprint density at radius 1 is 1.00 bits per heavy atom. The molecule has 18 heavy (non-hydrogen) atoms. The summed E-state index contributed by atoms with van der Waals surface area (Å²) in [6, 6.07) is 18.2. The minimum atomic E-state index is 0.592. The van der Waals surface area contributed by atoms with E-state index in [1.165, 1.54) is 10.5 Å². The van der Waals surface area contributed by atoms with E-state index < -0.39 is 0 Å². The second kappa shape index (κ2) is 7.09. The van der Waals surface area contributed by atoms with Gasteiger partial charge in [-0.1, -0.05) is 30.3 Å². The summed E-state index contributed by atoms with van der Waals surface area (Å²) in [5.74, 6) is 1.86. The van der Waals surface area contributed by atoms with Crippen molar-refractivity contribution in [2.45, 2.75) is 11.4 Å². The lowest BCUT2D eigenvalue weighted by Crippen LogP contribution is -2.00. The van der Waals surface area contributed by atoms with E-state index in [0.29, 0.717) is 13.2 Å². The van der Waals surface area contributed by atoms with Crippen molar-refractivity contribution in [3.05, 3.63) is 60.2 Å². The average molecular weight is 259 g/mol. The number of hydrogen-bond donors (Lipinski definition) is 1. The summed E-state index contributed by atoms with van der Waals surface area (Å²) in [6.07, 6.45) is 0. The number of para-hydroxylation sites is 1. The van der Waals surface area contributed by atoms with Gasteiger partial charge in [0.25, 0.3) is 0 Å². The number of benzene rings is 2. The first-order valence-corrected chi connectivity index (χ1v) is 6.97. The monoisotopic (exact) mass is 259 g/mol. The molecular weight excluding hydrogens is 242 g/mol. The van der Waals surface area contributed by atoms with Crippen molar-refractivity contribution < 1.29 is 4.74 Å². The molecule has 0 fully saturated rings. The second-order valence-electron chi connectivity index (χ2n) is 3.86. The zero-order valence-electron chi connectivity index (χ0n) is 10.2. The van der Waals surface area contributed by atoms with Crippen LogP contribution in [0.2, 0.25) is 0 Å². The molecule has 2 nitrogen and oxygen atoms in total. The van der Waals surface area contributed by atoms with Gasteiger partial charge in [0, 0.05) is 17.2 Å². The van der Waals surface area contributed by atoms with Gasteiger partial charge in [0.1, 0.15) is 5.75 Å². The summed E-state index contributed by atoms with van der Waals surface area (Å²) in [6.45, 7) is 1.30. The van der Waals surface area contributed by atoms with Crippen LogP contribution in [-0.4, -0.2) is 12.4 Å².